The summed E-state index contributed by atoms with van der Waals surface area (Å²) in [5, 5.41) is 10.5. The zero-order valence-corrected chi connectivity index (χ0v) is 10.5. The number of hydrogen-bond acceptors (Lipinski definition) is 3. The van der Waals surface area contributed by atoms with Gasteiger partial charge in [-0.1, -0.05) is 18.0 Å². The Morgan fingerprint density at radius 2 is 2.29 bits per heavy atom. The molecule has 1 saturated carbocycles. The van der Waals surface area contributed by atoms with E-state index in [0.717, 1.165) is 17.4 Å². The fourth-order valence-corrected chi connectivity index (χ4v) is 2.13. The van der Waals surface area contributed by atoms with E-state index < -0.39 is 0 Å². The second kappa shape index (κ2) is 5.70. The van der Waals surface area contributed by atoms with Gasteiger partial charge in [0.2, 0.25) is 0 Å². The van der Waals surface area contributed by atoms with E-state index in [4.69, 9.17) is 4.52 Å². The number of aryl methyl sites for hydroxylation is 1. The predicted octanol–water partition coefficient (Wildman–Crippen LogP) is 1.59. The number of hydrogen-bond donors (Lipinski definition) is 2. The minimum Gasteiger partial charge on any atom is -0.359 e. The van der Waals surface area contributed by atoms with Crippen molar-refractivity contribution in [3.05, 3.63) is 17.5 Å². The molecule has 1 fully saturated rings. The van der Waals surface area contributed by atoms with Gasteiger partial charge in [0.1, 0.15) is 0 Å². The SMILES string of the molecule is CN=C(NCc1cc(C)no1)NC1CCCC1. The van der Waals surface area contributed by atoms with Crippen molar-refractivity contribution in [1.82, 2.24) is 15.8 Å². The predicted molar refractivity (Wildman–Crippen MR) is 66.8 cm³/mol. The average molecular weight is 236 g/mol. The van der Waals surface area contributed by atoms with Crippen LogP contribution in [0.5, 0.6) is 0 Å². The Balaban J connectivity index is 1.79. The molecular formula is C12H20N4O. The van der Waals surface area contributed by atoms with E-state index in [1.54, 1.807) is 7.05 Å². The van der Waals surface area contributed by atoms with Crippen molar-refractivity contribution >= 4 is 5.96 Å². The third-order valence-corrected chi connectivity index (χ3v) is 3.03. The van der Waals surface area contributed by atoms with E-state index in [1.807, 2.05) is 13.0 Å². The van der Waals surface area contributed by atoms with Gasteiger partial charge in [-0.2, -0.15) is 0 Å². The van der Waals surface area contributed by atoms with Crippen molar-refractivity contribution in [2.45, 2.75) is 45.2 Å². The van der Waals surface area contributed by atoms with Crippen LogP contribution in [0, 0.1) is 6.92 Å². The molecule has 0 aromatic carbocycles. The summed E-state index contributed by atoms with van der Waals surface area (Å²) in [7, 11) is 1.79. The largest absolute Gasteiger partial charge is 0.359 e. The Labute approximate surface area is 102 Å². The lowest BCUT2D eigenvalue weighted by molar-refractivity contribution is 0.376. The van der Waals surface area contributed by atoms with Crippen molar-refractivity contribution < 1.29 is 4.52 Å². The highest BCUT2D eigenvalue weighted by atomic mass is 16.5. The highest BCUT2D eigenvalue weighted by Crippen LogP contribution is 2.17. The number of aromatic nitrogens is 1. The van der Waals surface area contributed by atoms with Gasteiger partial charge in [0, 0.05) is 19.2 Å². The maximum atomic E-state index is 5.13. The Morgan fingerprint density at radius 1 is 1.53 bits per heavy atom. The summed E-state index contributed by atoms with van der Waals surface area (Å²) >= 11 is 0. The maximum Gasteiger partial charge on any atom is 0.191 e. The first-order valence-corrected chi connectivity index (χ1v) is 6.17. The number of rotatable bonds is 3. The van der Waals surface area contributed by atoms with Crippen molar-refractivity contribution in [1.29, 1.82) is 0 Å². The molecule has 2 N–H and O–H groups in total. The Bertz CT molecular complexity index is 380. The first kappa shape index (κ1) is 12.0. The summed E-state index contributed by atoms with van der Waals surface area (Å²) in [6.45, 7) is 2.53. The quantitative estimate of drug-likeness (QED) is 0.618. The molecule has 5 heteroatoms. The summed E-state index contributed by atoms with van der Waals surface area (Å²) in [4.78, 5) is 4.21. The second-order valence-corrected chi connectivity index (χ2v) is 4.49. The van der Waals surface area contributed by atoms with Crippen molar-refractivity contribution in [3.63, 3.8) is 0 Å². The van der Waals surface area contributed by atoms with Crippen LogP contribution < -0.4 is 10.6 Å². The van der Waals surface area contributed by atoms with Crippen LogP contribution in [0.4, 0.5) is 0 Å². The van der Waals surface area contributed by atoms with Gasteiger partial charge >= 0.3 is 0 Å². The molecule has 0 saturated heterocycles. The molecule has 1 aromatic heterocycles. The average Bonchev–Trinajstić information content (AvgIpc) is 2.96. The molecular weight excluding hydrogens is 216 g/mol. The first-order chi connectivity index (χ1) is 8.28. The Morgan fingerprint density at radius 3 is 2.88 bits per heavy atom. The van der Waals surface area contributed by atoms with Crippen LogP contribution in [0.25, 0.3) is 0 Å². The normalized spacial score (nSPS) is 17.4. The van der Waals surface area contributed by atoms with Gasteiger partial charge in [-0.05, 0) is 19.8 Å². The van der Waals surface area contributed by atoms with Crippen LogP contribution in [0.2, 0.25) is 0 Å². The van der Waals surface area contributed by atoms with Crippen LogP contribution in [-0.4, -0.2) is 24.2 Å². The fourth-order valence-electron chi connectivity index (χ4n) is 2.13. The van der Waals surface area contributed by atoms with E-state index >= 15 is 0 Å². The van der Waals surface area contributed by atoms with Gasteiger partial charge in [0.15, 0.2) is 11.7 Å². The smallest absolute Gasteiger partial charge is 0.191 e. The molecule has 0 spiro atoms. The van der Waals surface area contributed by atoms with E-state index in [1.165, 1.54) is 25.7 Å². The van der Waals surface area contributed by atoms with Crippen LogP contribution >= 0.6 is 0 Å². The van der Waals surface area contributed by atoms with Crippen LogP contribution in [0.3, 0.4) is 0 Å². The highest BCUT2D eigenvalue weighted by molar-refractivity contribution is 5.79. The maximum absolute atomic E-state index is 5.13. The minimum absolute atomic E-state index is 0.567. The summed E-state index contributed by atoms with van der Waals surface area (Å²) in [6.07, 6.45) is 5.11. The van der Waals surface area contributed by atoms with Gasteiger partial charge < -0.3 is 15.2 Å². The van der Waals surface area contributed by atoms with E-state index in [-0.39, 0.29) is 0 Å². The van der Waals surface area contributed by atoms with Gasteiger partial charge in [-0.3, -0.25) is 4.99 Å². The monoisotopic (exact) mass is 236 g/mol. The lowest BCUT2D eigenvalue weighted by atomic mass is 10.2. The molecule has 0 unspecified atom stereocenters. The molecule has 5 nitrogen and oxygen atoms in total. The molecule has 0 aliphatic heterocycles. The third-order valence-electron chi connectivity index (χ3n) is 3.03. The second-order valence-electron chi connectivity index (χ2n) is 4.49. The molecule has 0 bridgehead atoms. The number of aliphatic imine (C=N–C) groups is 1. The molecule has 1 aromatic rings. The first-order valence-electron chi connectivity index (χ1n) is 6.17. The molecule has 0 radical (unpaired) electrons. The van der Waals surface area contributed by atoms with Crippen LogP contribution in [0.1, 0.15) is 37.1 Å². The summed E-state index contributed by atoms with van der Waals surface area (Å²) in [5.41, 5.74) is 0.903. The van der Waals surface area contributed by atoms with Crippen LogP contribution in [-0.2, 0) is 6.54 Å². The van der Waals surface area contributed by atoms with E-state index in [2.05, 4.69) is 20.8 Å². The van der Waals surface area contributed by atoms with Crippen LogP contribution in [0.15, 0.2) is 15.6 Å². The molecule has 2 rings (SSSR count). The molecule has 0 amide bonds. The van der Waals surface area contributed by atoms with E-state index in [0.29, 0.717) is 12.6 Å². The van der Waals surface area contributed by atoms with Gasteiger partial charge in [0.25, 0.3) is 0 Å². The number of nitrogens with zero attached hydrogens (tertiary/aromatic N) is 2. The summed E-state index contributed by atoms with van der Waals surface area (Å²) in [5.74, 6) is 1.67. The molecule has 0 atom stereocenters. The van der Waals surface area contributed by atoms with E-state index in [9.17, 15) is 0 Å². The standard InChI is InChI=1S/C12H20N4O/c1-9-7-11(17-16-9)8-14-12(13-2)15-10-5-3-4-6-10/h7,10H,3-6,8H2,1-2H3,(H2,13,14,15). The molecule has 1 heterocycles. The topological polar surface area (TPSA) is 62.5 Å². The Hall–Kier alpha value is -1.52. The highest BCUT2D eigenvalue weighted by Gasteiger charge is 2.15. The molecule has 1 aliphatic carbocycles. The van der Waals surface area contributed by atoms with Crippen molar-refractivity contribution in [2.24, 2.45) is 4.99 Å². The summed E-state index contributed by atoms with van der Waals surface area (Å²) < 4.78 is 5.13. The molecule has 1 aliphatic rings. The zero-order valence-electron chi connectivity index (χ0n) is 10.5. The lowest BCUT2D eigenvalue weighted by Gasteiger charge is -2.15. The van der Waals surface area contributed by atoms with Gasteiger partial charge in [0.05, 0.1) is 12.2 Å². The number of nitrogens with one attached hydrogen (secondary N) is 2. The molecule has 17 heavy (non-hydrogen) atoms. The van der Waals surface area contributed by atoms with Gasteiger partial charge in [-0.25, -0.2) is 0 Å². The number of guanidine groups is 1. The Kier molecular flexibility index (Phi) is 4.01. The fraction of sp³-hybridized carbons (Fsp3) is 0.667. The lowest BCUT2D eigenvalue weighted by Crippen LogP contribution is -2.41. The minimum atomic E-state index is 0.567. The van der Waals surface area contributed by atoms with Gasteiger partial charge in [-0.15, -0.1) is 0 Å². The third kappa shape index (κ3) is 3.47. The molecule has 94 valence electrons. The summed E-state index contributed by atoms with van der Waals surface area (Å²) in [6, 6.07) is 2.49. The van der Waals surface area contributed by atoms with Crippen molar-refractivity contribution in [3.8, 4) is 0 Å². The van der Waals surface area contributed by atoms with Crippen molar-refractivity contribution in [2.75, 3.05) is 7.05 Å². The zero-order chi connectivity index (χ0) is 12.1.